The topological polar surface area (TPSA) is 72.9 Å². The van der Waals surface area contributed by atoms with Crippen LogP contribution >= 0.6 is 11.8 Å². The van der Waals surface area contributed by atoms with Crippen molar-refractivity contribution in [3.8, 4) is 23.0 Å². The largest absolute Gasteiger partial charge is 0.466 e. The molecule has 2 heterocycles. The molecule has 7 heteroatoms. The molecule has 0 bridgehead atoms. The van der Waals surface area contributed by atoms with Crippen molar-refractivity contribution in [1.82, 2.24) is 4.90 Å². The van der Waals surface area contributed by atoms with Gasteiger partial charge >= 0.3 is 11.9 Å². The van der Waals surface area contributed by atoms with E-state index >= 15 is 0 Å². The van der Waals surface area contributed by atoms with Gasteiger partial charge in [-0.15, -0.1) is 0 Å². The average molecular weight is 560 g/mol. The Morgan fingerprint density at radius 1 is 0.829 bits per heavy atom. The van der Waals surface area contributed by atoms with Gasteiger partial charge in [0.05, 0.1) is 31.2 Å². The number of ether oxygens (including phenoxy) is 2. The molecule has 202 valence electrons. The predicted molar refractivity (Wildman–Crippen MR) is 156 cm³/mol. The fraction of sp³-hybridized carbons (Fsp3) is 0.147. The summed E-state index contributed by atoms with van der Waals surface area (Å²) in [5.74, 6) is 5.24. The van der Waals surface area contributed by atoms with Gasteiger partial charge in [-0.1, -0.05) is 72.1 Å². The molecule has 0 fully saturated rings. The highest BCUT2D eigenvalue weighted by molar-refractivity contribution is 8.13. The summed E-state index contributed by atoms with van der Waals surface area (Å²) in [6, 6.07) is 22.9. The fourth-order valence-corrected chi connectivity index (χ4v) is 6.69. The Hall–Kier alpha value is -4.80. The van der Waals surface area contributed by atoms with Gasteiger partial charge in [-0.05, 0) is 58.7 Å². The molecule has 0 amide bonds. The van der Waals surface area contributed by atoms with Crippen molar-refractivity contribution < 1.29 is 23.9 Å². The van der Waals surface area contributed by atoms with Gasteiger partial charge in [0.25, 0.3) is 0 Å². The minimum absolute atomic E-state index is 0.0256. The third-order valence-corrected chi connectivity index (χ3v) is 8.41. The lowest BCUT2D eigenvalue weighted by molar-refractivity contribution is -0.140. The fourth-order valence-electron chi connectivity index (χ4n) is 6.09. The van der Waals surface area contributed by atoms with Crippen LogP contribution in [0.5, 0.6) is 0 Å². The molecule has 3 aromatic carbocycles. The number of allylic oxidation sites excluding steroid dienone is 2. The van der Waals surface area contributed by atoms with Crippen LogP contribution in [0.2, 0.25) is 0 Å². The number of methoxy groups -OCH3 is 2. The zero-order chi connectivity index (χ0) is 28.7. The van der Waals surface area contributed by atoms with E-state index in [1.807, 2.05) is 84.9 Å². The van der Waals surface area contributed by atoms with E-state index in [-0.39, 0.29) is 16.4 Å². The molecule has 2 aliphatic heterocycles. The highest BCUT2D eigenvalue weighted by Gasteiger charge is 2.62. The first-order valence-electron chi connectivity index (χ1n) is 13.0. The number of fused-ring (bicyclic) bond motifs is 7. The first kappa shape index (κ1) is 26.4. The normalized spacial score (nSPS) is 17.2. The summed E-state index contributed by atoms with van der Waals surface area (Å²) in [6.07, 6.45) is 5.62. The molecule has 0 N–H and O–H groups in total. The van der Waals surface area contributed by atoms with Crippen molar-refractivity contribution in [3.05, 3.63) is 125 Å². The van der Waals surface area contributed by atoms with Crippen molar-refractivity contribution in [3.63, 3.8) is 0 Å². The maximum absolute atomic E-state index is 13.6. The zero-order valence-electron chi connectivity index (χ0n) is 22.6. The number of nitrogens with zero attached hydrogens (tertiary/aromatic N) is 1. The van der Waals surface area contributed by atoms with Crippen LogP contribution in [0.4, 0.5) is 0 Å². The molecular formula is C34H25NO5S. The Balaban J connectivity index is 1.54. The third-order valence-electron chi connectivity index (χ3n) is 7.61. The average Bonchev–Trinajstić information content (AvgIpc) is 3.46. The molecule has 0 aromatic heterocycles. The summed E-state index contributed by atoms with van der Waals surface area (Å²) in [6.45, 7) is 1.53. The first-order valence-corrected chi connectivity index (χ1v) is 13.8. The van der Waals surface area contributed by atoms with Gasteiger partial charge in [-0.2, -0.15) is 0 Å². The summed E-state index contributed by atoms with van der Waals surface area (Å²) in [7, 11) is 2.63. The lowest BCUT2D eigenvalue weighted by Gasteiger charge is -2.38. The van der Waals surface area contributed by atoms with Crippen LogP contribution in [0.1, 0.15) is 23.6 Å². The quantitative estimate of drug-likeness (QED) is 0.242. The molecule has 1 spiro atoms. The monoisotopic (exact) mass is 559 g/mol. The predicted octanol–water partition coefficient (Wildman–Crippen LogP) is 5.38. The Bertz CT molecular complexity index is 1720. The summed E-state index contributed by atoms with van der Waals surface area (Å²) >= 11 is 1.18. The molecular weight excluding hydrogens is 534 g/mol. The zero-order valence-corrected chi connectivity index (χ0v) is 23.5. The Labute approximate surface area is 242 Å². The number of carbonyl (C=O) groups is 3. The van der Waals surface area contributed by atoms with Gasteiger partial charge in [0, 0.05) is 29.2 Å². The van der Waals surface area contributed by atoms with Gasteiger partial charge in [-0.25, -0.2) is 9.59 Å². The summed E-state index contributed by atoms with van der Waals surface area (Å²) in [5, 5.41) is 0.0256. The number of benzene rings is 3. The smallest absolute Gasteiger partial charge is 0.355 e. The highest BCUT2D eigenvalue weighted by Crippen LogP contribution is 2.60. The van der Waals surface area contributed by atoms with E-state index in [0.717, 1.165) is 38.3 Å². The third kappa shape index (κ3) is 4.11. The number of hydrogen-bond donors (Lipinski definition) is 0. The number of rotatable bonds is 3. The Morgan fingerprint density at radius 2 is 1.44 bits per heavy atom. The summed E-state index contributed by atoms with van der Waals surface area (Å²) in [4.78, 5) is 41.0. The van der Waals surface area contributed by atoms with Crippen LogP contribution in [0.25, 0.3) is 11.1 Å². The molecule has 41 heavy (non-hydrogen) atoms. The molecule has 1 unspecified atom stereocenters. The minimum atomic E-state index is -1.03. The number of thioether (sulfide) groups is 1. The standard InChI is InChI=1S/C34H25NO5S/c1-21(36)41-24-16-14-22(15-17-24)12-13-23-18-19-35-29(20-23)34(30(32(37)39-2)31(35)33(38)40-3)27-10-6-4-8-25(27)26-9-5-7-11-28(26)34/h4-11,14-20,29H,1-3H3. The van der Waals surface area contributed by atoms with Crippen LogP contribution < -0.4 is 0 Å². The minimum Gasteiger partial charge on any atom is -0.466 e. The second-order valence-electron chi connectivity index (χ2n) is 9.76. The van der Waals surface area contributed by atoms with Crippen molar-refractivity contribution in [2.75, 3.05) is 14.2 Å². The molecule has 6 nitrogen and oxygen atoms in total. The number of carbonyl (C=O) groups excluding carboxylic acids is 3. The summed E-state index contributed by atoms with van der Waals surface area (Å²) in [5.41, 5.74) is 4.70. The molecule has 0 radical (unpaired) electrons. The highest BCUT2D eigenvalue weighted by atomic mass is 32.2. The Kier molecular flexibility index (Phi) is 6.64. The Morgan fingerprint density at radius 3 is 2.02 bits per heavy atom. The molecule has 3 aliphatic rings. The molecule has 3 aromatic rings. The van der Waals surface area contributed by atoms with Crippen LogP contribution in [0.3, 0.4) is 0 Å². The van der Waals surface area contributed by atoms with E-state index in [0.29, 0.717) is 0 Å². The number of esters is 2. The van der Waals surface area contributed by atoms with E-state index in [1.54, 1.807) is 11.1 Å². The van der Waals surface area contributed by atoms with Gasteiger partial charge in [0.15, 0.2) is 5.12 Å². The van der Waals surface area contributed by atoms with Crippen LogP contribution in [-0.4, -0.2) is 42.2 Å². The van der Waals surface area contributed by atoms with Crippen LogP contribution in [0, 0.1) is 11.8 Å². The first-order chi connectivity index (χ1) is 19.9. The molecule has 0 saturated carbocycles. The van der Waals surface area contributed by atoms with E-state index in [9.17, 15) is 14.4 Å². The molecule has 1 aliphatic carbocycles. The maximum atomic E-state index is 13.6. The second kappa shape index (κ2) is 10.3. The molecule has 1 atom stereocenters. The van der Waals surface area contributed by atoms with Gasteiger partial charge in [0.1, 0.15) is 5.70 Å². The van der Waals surface area contributed by atoms with Crippen molar-refractivity contribution in [2.24, 2.45) is 0 Å². The SMILES string of the molecule is COC(=O)C1=C(C(=O)OC)C2(c3ccccc3-c3ccccc32)C2C=C(C#Cc3ccc(SC(C)=O)cc3)C=CN12. The van der Waals surface area contributed by atoms with Gasteiger partial charge < -0.3 is 14.4 Å². The van der Waals surface area contributed by atoms with Gasteiger partial charge in [0.2, 0.25) is 0 Å². The number of hydrogen-bond acceptors (Lipinski definition) is 7. The second-order valence-corrected chi connectivity index (χ2v) is 11.0. The van der Waals surface area contributed by atoms with E-state index in [1.165, 1.54) is 32.9 Å². The molecule has 0 saturated heterocycles. The van der Waals surface area contributed by atoms with Crippen molar-refractivity contribution in [2.45, 2.75) is 23.3 Å². The van der Waals surface area contributed by atoms with Crippen molar-refractivity contribution in [1.29, 1.82) is 0 Å². The van der Waals surface area contributed by atoms with E-state index in [2.05, 4.69) is 11.8 Å². The van der Waals surface area contributed by atoms with E-state index < -0.39 is 23.4 Å². The van der Waals surface area contributed by atoms with E-state index in [4.69, 9.17) is 9.47 Å². The lowest BCUT2D eigenvalue weighted by Crippen LogP contribution is -2.44. The van der Waals surface area contributed by atoms with Crippen LogP contribution in [-0.2, 0) is 29.3 Å². The van der Waals surface area contributed by atoms with Crippen LogP contribution in [0.15, 0.2) is 113 Å². The lowest BCUT2D eigenvalue weighted by atomic mass is 9.67. The van der Waals surface area contributed by atoms with Gasteiger partial charge in [-0.3, -0.25) is 4.79 Å². The summed E-state index contributed by atoms with van der Waals surface area (Å²) < 4.78 is 10.5. The van der Waals surface area contributed by atoms with Crippen molar-refractivity contribution >= 4 is 28.8 Å². The molecule has 6 rings (SSSR count). The maximum Gasteiger partial charge on any atom is 0.355 e.